The van der Waals surface area contributed by atoms with E-state index >= 15 is 28.8 Å². The summed E-state index contributed by atoms with van der Waals surface area (Å²) in [6.45, 7) is 54.2. The van der Waals surface area contributed by atoms with Gasteiger partial charge in [0, 0.05) is 78.7 Å². The first-order valence-corrected chi connectivity index (χ1v) is 49.6. The molecule has 0 atom stereocenters. The summed E-state index contributed by atoms with van der Waals surface area (Å²) in [4.78, 5) is 131. The van der Waals surface area contributed by atoms with Crippen molar-refractivity contribution in [2.45, 2.75) is 277 Å². The number of imide groups is 2. The average Bonchev–Trinajstić information content (AvgIpc) is 0.669. The second-order valence-corrected chi connectivity index (χ2v) is 47.1. The van der Waals surface area contributed by atoms with Crippen molar-refractivity contribution in [1.82, 2.24) is 9.80 Å². The van der Waals surface area contributed by atoms with Crippen molar-refractivity contribution in [2.24, 2.45) is 33.5 Å². The molecule has 2 fully saturated rings. The fourth-order valence-corrected chi connectivity index (χ4v) is 22.9. The normalized spacial score (nSPS) is 15.0. The van der Waals surface area contributed by atoms with Crippen LogP contribution < -0.4 is 38.2 Å². The number of carbonyl (C=O) groups excluding carboxylic acids is 8. The number of carbonyl (C=O) groups is 8. The number of fused-ring (bicyclic) bond motifs is 2. The molecule has 4 aliphatic rings. The van der Waals surface area contributed by atoms with E-state index in [0.717, 1.165) is 122 Å². The molecule has 138 heavy (non-hydrogen) atoms. The molecule has 0 unspecified atom stereocenters. The van der Waals surface area contributed by atoms with Crippen molar-refractivity contribution < 1.29 is 66.8 Å². The number of rotatable bonds is 32. The quantitative estimate of drug-likeness (QED) is 0.00961. The Morgan fingerprint density at radius 2 is 0.536 bits per heavy atom. The van der Waals surface area contributed by atoms with Gasteiger partial charge in [-0.1, -0.05) is 264 Å². The minimum atomic E-state index is -0.800. The molecular formula is C120H140N4O14. The van der Waals surface area contributed by atoms with Gasteiger partial charge in [0.05, 0.1) is 22.3 Å². The maximum atomic E-state index is 16.9. The van der Waals surface area contributed by atoms with Crippen molar-refractivity contribution >= 4 is 102 Å². The Morgan fingerprint density at radius 3 is 0.754 bits per heavy atom. The number of nitrogens with zero attached hydrogens (tertiary/aromatic N) is 4. The molecule has 0 bridgehead atoms. The van der Waals surface area contributed by atoms with Crippen molar-refractivity contribution in [3.63, 3.8) is 0 Å². The lowest BCUT2D eigenvalue weighted by Gasteiger charge is -2.34. The number of anilines is 2. The summed E-state index contributed by atoms with van der Waals surface area (Å²) < 4.78 is 41.8. The standard InChI is InChI=1S/C120H140N4O14/c1-73(2)111(131)137-87-55-43-81(44-56-87)121(61-59-75-31-27-25-28-32-75)97(125)67-123-107(127)89-63-93(133-83-47-35-77(36-48-83)117(17,18)69-113(5,6)7)101-103-95(135-85-51-39-79(40-52-85)119(21,22)71-115(11,12)13)65-91-100-92(110(130)124(109(91)129)68-98(126)122(62-60-76-33-29-26-30-34-76)82-45-57-88(58-46-82)138-112(132)74(3)4)66-96(136-86-53-41-80(42-54-86)120(23,24)72-116(14,15)16)104(106(100)103)102-94(64-90(108(123)128)99(89)105(101)102)134-84-49-37-78(38-50-84)118(19,20)70-114(8,9)10/h35-58,63-66,75-76H,1,3,25-34,59-62,67-72H2,2,4-24H3. The third kappa shape index (κ3) is 22.1. The van der Waals surface area contributed by atoms with E-state index in [2.05, 4.69) is 200 Å². The van der Waals surface area contributed by atoms with Gasteiger partial charge in [-0.25, -0.2) is 9.59 Å². The minimum Gasteiger partial charge on any atom is -0.457 e. The average molecular weight is 1860 g/mol. The molecule has 18 nitrogen and oxygen atoms in total. The summed E-state index contributed by atoms with van der Waals surface area (Å²) >= 11 is 0. The van der Waals surface area contributed by atoms with Crippen LogP contribution in [0.2, 0.25) is 0 Å². The molecule has 6 amide bonds. The molecular weight excluding hydrogens is 1720 g/mol. The summed E-state index contributed by atoms with van der Waals surface area (Å²) in [5.74, 6) is -2.60. The Labute approximate surface area is 815 Å². The van der Waals surface area contributed by atoms with Crippen LogP contribution >= 0.6 is 0 Å². The van der Waals surface area contributed by atoms with Crippen molar-refractivity contribution in [2.75, 3.05) is 36.0 Å². The van der Waals surface area contributed by atoms with Gasteiger partial charge in [-0.15, -0.1) is 0 Å². The van der Waals surface area contributed by atoms with Gasteiger partial charge in [0.2, 0.25) is 11.8 Å². The van der Waals surface area contributed by atoms with Crippen LogP contribution in [0.1, 0.15) is 319 Å². The zero-order chi connectivity index (χ0) is 99.6. The Morgan fingerprint density at radius 1 is 0.312 bits per heavy atom. The van der Waals surface area contributed by atoms with Gasteiger partial charge in [-0.2, -0.15) is 0 Å². The summed E-state index contributed by atoms with van der Waals surface area (Å²) in [5.41, 5.74) is 4.12. The molecule has 2 aliphatic heterocycles. The SMILES string of the molecule is C=C(C)C(=O)Oc1ccc(N(CCC2CCCCC2)C(=O)CN2C(=O)c3cc(Oc4ccc(C(C)(C)CC(C)(C)C)cc4)c4c5c(Oc6ccc(C(C)(C)CC(C)(C)C)cc6)cc6c7c(cc(Oc8ccc(C(C)(C)CC(C)(C)C)cc8)c(c8c(Oc9ccc(C(C)(C)CC(C)(C)C)cc9)cc(c3c48)C2=O)c75)C(=O)N(CC(=O)N(CCC2CCCCC2)c2ccc(OC(=O)C(=C)C)cc2)C6=O)cc1. The van der Waals surface area contributed by atoms with E-state index in [0.29, 0.717) is 80.6 Å². The molecule has 0 N–H and O–H groups in total. The minimum absolute atomic E-state index is 0.00580. The third-order valence-corrected chi connectivity index (χ3v) is 28.0. The van der Waals surface area contributed by atoms with Gasteiger partial charge in [0.25, 0.3) is 23.6 Å². The van der Waals surface area contributed by atoms with Crippen LogP contribution in [0.4, 0.5) is 11.4 Å². The smallest absolute Gasteiger partial charge is 0.338 e. The van der Waals surface area contributed by atoms with Crippen LogP contribution in [0.15, 0.2) is 194 Å². The van der Waals surface area contributed by atoms with Gasteiger partial charge in [0.1, 0.15) is 70.6 Å². The number of benzene rings is 11. The number of hydrogen-bond acceptors (Lipinski definition) is 14. The van der Waals surface area contributed by atoms with Crippen LogP contribution in [-0.2, 0) is 40.8 Å². The first-order chi connectivity index (χ1) is 64.8. The lowest BCUT2D eigenvalue weighted by atomic mass is 9.72. The lowest BCUT2D eigenvalue weighted by Crippen LogP contribution is -2.48. The van der Waals surface area contributed by atoms with Crippen molar-refractivity contribution in [3.05, 3.63) is 239 Å². The molecule has 15 rings (SSSR count). The van der Waals surface area contributed by atoms with E-state index in [1.165, 1.54) is 0 Å². The predicted octanol–water partition coefficient (Wildman–Crippen LogP) is 29.9. The second kappa shape index (κ2) is 38.7. The maximum absolute atomic E-state index is 16.9. The van der Waals surface area contributed by atoms with E-state index in [1.807, 2.05) is 48.5 Å². The molecule has 2 aliphatic carbocycles. The Balaban J connectivity index is 1.03. The number of amides is 6. The highest BCUT2D eigenvalue weighted by atomic mass is 16.5. The highest BCUT2D eigenvalue weighted by Crippen LogP contribution is 2.59. The van der Waals surface area contributed by atoms with E-state index < -0.39 is 60.5 Å². The van der Waals surface area contributed by atoms with Crippen molar-refractivity contribution in [3.8, 4) is 57.5 Å². The summed E-state index contributed by atoms with van der Waals surface area (Å²) in [6.07, 6.45) is 15.1. The molecule has 0 radical (unpaired) electrons. The lowest BCUT2D eigenvalue weighted by molar-refractivity contribution is -0.130. The Kier molecular flexibility index (Phi) is 28.1. The zero-order valence-electron chi connectivity index (χ0n) is 85.4. The van der Waals surface area contributed by atoms with Crippen LogP contribution in [0, 0.1) is 33.5 Å². The largest absolute Gasteiger partial charge is 0.457 e. The van der Waals surface area contributed by atoms with E-state index in [4.69, 9.17) is 28.4 Å². The fourth-order valence-electron chi connectivity index (χ4n) is 22.9. The molecule has 0 aromatic heterocycles. The van der Waals surface area contributed by atoms with Crippen LogP contribution in [0.5, 0.6) is 57.5 Å². The Bertz CT molecular complexity index is 5860. The van der Waals surface area contributed by atoms with E-state index in [9.17, 15) is 9.59 Å². The molecule has 11 aromatic rings. The van der Waals surface area contributed by atoms with Gasteiger partial charge in [-0.3, -0.25) is 38.6 Å². The summed E-state index contributed by atoms with van der Waals surface area (Å²) in [6, 6.07) is 51.5. The van der Waals surface area contributed by atoms with Crippen LogP contribution in [0.3, 0.4) is 0 Å². The number of ether oxygens (including phenoxy) is 6. The molecule has 2 heterocycles. The monoisotopic (exact) mass is 1860 g/mol. The van der Waals surface area contributed by atoms with Gasteiger partial charge in [-0.05, 0) is 251 Å². The molecule has 724 valence electrons. The zero-order valence-corrected chi connectivity index (χ0v) is 85.4. The molecule has 2 saturated carbocycles. The van der Waals surface area contributed by atoms with Crippen LogP contribution in [-0.4, -0.2) is 83.4 Å². The topological polar surface area (TPSA) is 205 Å². The third-order valence-electron chi connectivity index (χ3n) is 28.0. The number of esters is 2. The van der Waals surface area contributed by atoms with Gasteiger partial charge in [0.15, 0.2) is 0 Å². The predicted molar refractivity (Wildman–Crippen MR) is 554 cm³/mol. The molecule has 0 saturated heterocycles. The highest BCUT2D eigenvalue weighted by Gasteiger charge is 2.45. The highest BCUT2D eigenvalue weighted by molar-refractivity contribution is 6.45. The first-order valence-electron chi connectivity index (χ1n) is 49.6. The van der Waals surface area contributed by atoms with E-state index in [1.54, 1.807) is 96.4 Å². The Hall–Kier alpha value is -12.4. The summed E-state index contributed by atoms with van der Waals surface area (Å²) in [7, 11) is 0. The molecule has 18 heteroatoms. The number of hydrogen-bond donors (Lipinski definition) is 0. The first kappa shape index (κ1) is 100. The van der Waals surface area contributed by atoms with Gasteiger partial charge < -0.3 is 38.2 Å². The molecule has 11 aromatic carbocycles. The fraction of sp³-hybridized carbons (Fsp3) is 0.433. The van der Waals surface area contributed by atoms with E-state index in [-0.39, 0.29) is 146 Å². The summed E-state index contributed by atoms with van der Waals surface area (Å²) in [5, 5.41) is 2.11. The second-order valence-electron chi connectivity index (χ2n) is 47.1. The van der Waals surface area contributed by atoms with Gasteiger partial charge >= 0.3 is 11.9 Å². The molecule has 0 spiro atoms. The van der Waals surface area contributed by atoms with Crippen molar-refractivity contribution in [1.29, 1.82) is 0 Å². The maximum Gasteiger partial charge on any atom is 0.338 e. The van der Waals surface area contributed by atoms with Crippen LogP contribution in [0.25, 0.3) is 43.1 Å².